The van der Waals surface area contributed by atoms with E-state index in [0.29, 0.717) is 16.8 Å². The van der Waals surface area contributed by atoms with Crippen molar-refractivity contribution in [2.75, 3.05) is 0 Å². The van der Waals surface area contributed by atoms with Crippen LogP contribution in [0.1, 0.15) is 49.9 Å². The van der Waals surface area contributed by atoms with E-state index in [9.17, 15) is 14.4 Å². The van der Waals surface area contributed by atoms with Crippen LogP contribution in [0.15, 0.2) is 35.1 Å². The standard InChI is InChI=1S/C20H24N2O4/c1-12-7-3-5-9-16(12)22-19(24)13(2)26-20(25)15-11-18(23)21-17-10-6-4-8-14(15)17/h4,6,8,10-13,16H,3,5,7,9H2,1-2H3,(H,21,23)(H,22,24)/t12-,13-,16-/m1/s1. The average molecular weight is 356 g/mol. The molecule has 6 heteroatoms. The van der Waals surface area contributed by atoms with E-state index in [4.69, 9.17) is 4.74 Å². The molecule has 1 aliphatic rings. The number of hydrogen-bond donors (Lipinski definition) is 2. The van der Waals surface area contributed by atoms with Gasteiger partial charge in [-0.05, 0) is 31.7 Å². The van der Waals surface area contributed by atoms with E-state index in [1.165, 1.54) is 12.5 Å². The summed E-state index contributed by atoms with van der Waals surface area (Å²) in [5.41, 5.74) is 0.332. The van der Waals surface area contributed by atoms with Gasteiger partial charge in [0.15, 0.2) is 6.10 Å². The topological polar surface area (TPSA) is 88.3 Å². The third-order valence-corrected chi connectivity index (χ3v) is 5.06. The number of carbonyl (C=O) groups excluding carboxylic acids is 2. The fraction of sp³-hybridized carbons (Fsp3) is 0.450. The number of aromatic nitrogens is 1. The van der Waals surface area contributed by atoms with Crippen LogP contribution in [-0.4, -0.2) is 29.0 Å². The Balaban J connectivity index is 1.71. The van der Waals surface area contributed by atoms with Gasteiger partial charge in [0, 0.05) is 23.0 Å². The van der Waals surface area contributed by atoms with Gasteiger partial charge in [0.25, 0.3) is 5.91 Å². The van der Waals surface area contributed by atoms with Crippen molar-refractivity contribution in [3.63, 3.8) is 0 Å². The number of H-pyrrole nitrogens is 1. The van der Waals surface area contributed by atoms with Gasteiger partial charge in [-0.15, -0.1) is 0 Å². The van der Waals surface area contributed by atoms with Crippen LogP contribution < -0.4 is 10.9 Å². The lowest BCUT2D eigenvalue weighted by Gasteiger charge is -2.30. The smallest absolute Gasteiger partial charge is 0.339 e. The van der Waals surface area contributed by atoms with Crippen LogP contribution in [0.25, 0.3) is 10.9 Å². The summed E-state index contributed by atoms with van der Waals surface area (Å²) in [5.74, 6) is -0.551. The second-order valence-corrected chi connectivity index (χ2v) is 7.02. The average Bonchev–Trinajstić information content (AvgIpc) is 2.62. The molecule has 0 saturated heterocycles. The fourth-order valence-electron chi connectivity index (χ4n) is 3.48. The van der Waals surface area contributed by atoms with E-state index in [1.54, 1.807) is 31.2 Å². The Morgan fingerprint density at radius 2 is 1.96 bits per heavy atom. The number of para-hydroxylation sites is 1. The molecule has 0 unspecified atom stereocenters. The van der Waals surface area contributed by atoms with Crippen molar-refractivity contribution in [3.05, 3.63) is 46.2 Å². The lowest BCUT2D eigenvalue weighted by Crippen LogP contribution is -2.46. The monoisotopic (exact) mass is 356 g/mol. The van der Waals surface area contributed by atoms with E-state index in [-0.39, 0.29) is 23.1 Å². The number of ether oxygens (including phenoxy) is 1. The zero-order valence-electron chi connectivity index (χ0n) is 15.1. The predicted octanol–water partition coefficient (Wildman–Crippen LogP) is 2.77. The molecule has 3 rings (SSSR count). The summed E-state index contributed by atoms with van der Waals surface area (Å²) in [6.45, 7) is 3.68. The largest absolute Gasteiger partial charge is 0.449 e. The van der Waals surface area contributed by atoms with E-state index in [1.807, 2.05) is 0 Å². The normalized spacial score (nSPS) is 21.2. The van der Waals surface area contributed by atoms with Gasteiger partial charge in [-0.1, -0.05) is 38.0 Å². The maximum absolute atomic E-state index is 12.5. The van der Waals surface area contributed by atoms with Gasteiger partial charge in [-0.3, -0.25) is 9.59 Å². The van der Waals surface area contributed by atoms with Crippen molar-refractivity contribution < 1.29 is 14.3 Å². The van der Waals surface area contributed by atoms with Gasteiger partial charge < -0.3 is 15.0 Å². The minimum absolute atomic E-state index is 0.123. The van der Waals surface area contributed by atoms with Crippen LogP contribution in [0.3, 0.4) is 0 Å². The Morgan fingerprint density at radius 1 is 1.23 bits per heavy atom. The van der Waals surface area contributed by atoms with Crippen molar-refractivity contribution >= 4 is 22.8 Å². The number of esters is 1. The first-order chi connectivity index (χ1) is 12.5. The highest BCUT2D eigenvalue weighted by molar-refractivity contribution is 6.03. The SMILES string of the molecule is C[C@@H]1CCCC[C@H]1NC(=O)[C@@H](C)OC(=O)c1cc(=O)[nH]c2ccccc12. The Kier molecular flexibility index (Phi) is 5.40. The molecule has 3 atom stereocenters. The van der Waals surface area contributed by atoms with Crippen LogP contribution in [0.5, 0.6) is 0 Å². The second-order valence-electron chi connectivity index (χ2n) is 7.02. The number of pyridine rings is 1. The lowest BCUT2D eigenvalue weighted by molar-refractivity contribution is -0.130. The number of aromatic amines is 1. The van der Waals surface area contributed by atoms with Crippen LogP contribution in [0.4, 0.5) is 0 Å². The van der Waals surface area contributed by atoms with E-state index in [0.717, 1.165) is 19.3 Å². The molecule has 1 aromatic heterocycles. The molecule has 1 saturated carbocycles. The molecule has 26 heavy (non-hydrogen) atoms. The van der Waals surface area contributed by atoms with Gasteiger partial charge in [0.2, 0.25) is 5.56 Å². The molecule has 1 fully saturated rings. The van der Waals surface area contributed by atoms with Crippen molar-refractivity contribution in [1.29, 1.82) is 0 Å². The summed E-state index contributed by atoms with van der Waals surface area (Å²) in [4.78, 5) is 39.4. The van der Waals surface area contributed by atoms with Crippen molar-refractivity contribution in [3.8, 4) is 0 Å². The van der Waals surface area contributed by atoms with Crippen LogP contribution in [0.2, 0.25) is 0 Å². The van der Waals surface area contributed by atoms with Gasteiger partial charge in [-0.2, -0.15) is 0 Å². The third kappa shape index (κ3) is 3.95. The van der Waals surface area contributed by atoms with Gasteiger partial charge in [-0.25, -0.2) is 4.79 Å². The number of fused-ring (bicyclic) bond motifs is 1. The molecule has 0 bridgehead atoms. The maximum Gasteiger partial charge on any atom is 0.339 e. The molecular formula is C20H24N2O4. The highest BCUT2D eigenvalue weighted by atomic mass is 16.5. The predicted molar refractivity (Wildman–Crippen MR) is 99.0 cm³/mol. The molecule has 1 amide bonds. The molecule has 2 N–H and O–H groups in total. The summed E-state index contributed by atoms with van der Waals surface area (Å²) >= 11 is 0. The first-order valence-electron chi connectivity index (χ1n) is 9.09. The van der Waals surface area contributed by atoms with Gasteiger partial charge in [0.1, 0.15) is 0 Å². The number of rotatable bonds is 4. The minimum atomic E-state index is -0.922. The van der Waals surface area contributed by atoms with Crippen molar-refractivity contribution in [1.82, 2.24) is 10.3 Å². The Morgan fingerprint density at radius 3 is 2.73 bits per heavy atom. The molecule has 2 aromatic rings. The van der Waals surface area contributed by atoms with Crippen molar-refractivity contribution in [2.45, 2.75) is 51.7 Å². The molecule has 138 valence electrons. The summed E-state index contributed by atoms with van der Waals surface area (Å²) < 4.78 is 5.33. The van der Waals surface area contributed by atoms with Crippen LogP contribution in [0, 0.1) is 5.92 Å². The van der Waals surface area contributed by atoms with E-state index >= 15 is 0 Å². The van der Waals surface area contributed by atoms with E-state index < -0.39 is 12.1 Å². The van der Waals surface area contributed by atoms with Crippen LogP contribution in [-0.2, 0) is 9.53 Å². The molecule has 1 heterocycles. The molecule has 6 nitrogen and oxygen atoms in total. The Bertz CT molecular complexity index is 873. The third-order valence-electron chi connectivity index (χ3n) is 5.06. The fourth-order valence-corrected chi connectivity index (χ4v) is 3.48. The Labute approximate surface area is 151 Å². The number of carbonyl (C=O) groups is 2. The first-order valence-corrected chi connectivity index (χ1v) is 9.09. The molecule has 0 aliphatic heterocycles. The van der Waals surface area contributed by atoms with Gasteiger partial charge >= 0.3 is 5.97 Å². The quantitative estimate of drug-likeness (QED) is 0.825. The highest BCUT2D eigenvalue weighted by Gasteiger charge is 2.27. The zero-order chi connectivity index (χ0) is 18.7. The van der Waals surface area contributed by atoms with Crippen LogP contribution >= 0.6 is 0 Å². The lowest BCUT2D eigenvalue weighted by atomic mass is 9.86. The summed E-state index contributed by atoms with van der Waals surface area (Å²) in [5, 5.41) is 3.58. The second kappa shape index (κ2) is 7.72. The zero-order valence-corrected chi connectivity index (χ0v) is 15.1. The summed E-state index contributed by atoms with van der Waals surface area (Å²) in [7, 11) is 0. The molecule has 1 aliphatic carbocycles. The van der Waals surface area contributed by atoms with E-state index in [2.05, 4.69) is 17.2 Å². The van der Waals surface area contributed by atoms with Crippen molar-refractivity contribution in [2.24, 2.45) is 5.92 Å². The highest BCUT2D eigenvalue weighted by Crippen LogP contribution is 2.24. The Hall–Kier alpha value is -2.63. The number of amides is 1. The first kappa shape index (κ1) is 18.2. The molecule has 0 radical (unpaired) electrons. The molecule has 0 spiro atoms. The number of hydrogen-bond acceptors (Lipinski definition) is 4. The molecular weight excluding hydrogens is 332 g/mol. The van der Waals surface area contributed by atoms with Gasteiger partial charge in [0.05, 0.1) is 5.56 Å². The minimum Gasteiger partial charge on any atom is -0.449 e. The number of nitrogens with one attached hydrogen (secondary N) is 2. The molecule has 1 aromatic carbocycles. The maximum atomic E-state index is 12.5. The number of benzene rings is 1. The summed E-state index contributed by atoms with van der Waals surface area (Å²) in [6, 6.07) is 8.33. The summed E-state index contributed by atoms with van der Waals surface area (Å²) in [6.07, 6.45) is 3.41.